The van der Waals surface area contributed by atoms with E-state index in [4.69, 9.17) is 9.84 Å². The molecule has 1 aliphatic carbocycles. The van der Waals surface area contributed by atoms with E-state index in [1.165, 1.54) is 44.1 Å². The summed E-state index contributed by atoms with van der Waals surface area (Å²) in [5, 5.41) is 9.13. The van der Waals surface area contributed by atoms with Crippen LogP contribution >= 0.6 is 0 Å². The summed E-state index contributed by atoms with van der Waals surface area (Å²) in [4.78, 5) is 24.1. The highest BCUT2D eigenvalue weighted by Crippen LogP contribution is 2.48. The van der Waals surface area contributed by atoms with Crippen molar-refractivity contribution >= 4 is 12.1 Å². The normalized spacial score (nSPS) is 22.8. The number of carbonyl (C=O) groups excluding carboxylic acids is 1. The Kier molecular flexibility index (Phi) is 5.48. The third-order valence-corrected chi connectivity index (χ3v) is 5.56. The molecule has 0 aromatic carbocycles. The van der Waals surface area contributed by atoms with Crippen molar-refractivity contribution in [3.05, 3.63) is 0 Å². The van der Waals surface area contributed by atoms with Crippen LogP contribution in [0, 0.1) is 11.3 Å². The highest BCUT2D eigenvalue weighted by molar-refractivity contribution is 5.69. The molecule has 21 heavy (non-hydrogen) atoms. The maximum atomic E-state index is 11.5. The zero-order valence-electron chi connectivity index (χ0n) is 13.0. The summed E-state index contributed by atoms with van der Waals surface area (Å²) < 4.78 is 4.79. The predicted octanol–water partition coefficient (Wildman–Crippen LogP) is 3.28. The van der Waals surface area contributed by atoms with Gasteiger partial charge in [-0.05, 0) is 43.4 Å². The van der Waals surface area contributed by atoms with Gasteiger partial charge in [0, 0.05) is 19.5 Å². The molecule has 5 nitrogen and oxygen atoms in total. The fourth-order valence-electron chi connectivity index (χ4n) is 4.17. The molecule has 5 heteroatoms. The van der Waals surface area contributed by atoms with Crippen LogP contribution in [0.4, 0.5) is 4.79 Å². The van der Waals surface area contributed by atoms with Crippen molar-refractivity contribution in [2.24, 2.45) is 11.3 Å². The summed E-state index contributed by atoms with van der Waals surface area (Å²) in [6.45, 7) is 1.21. The number of rotatable bonds is 4. The molecule has 2 fully saturated rings. The smallest absolute Gasteiger partial charge is 0.407 e. The standard InChI is InChI=1S/C16H27NO4/c1-21-14(18)7-8-16(13-5-3-2-4-6-13)9-11-17(12-10-16)15(19)20/h13H,2-12H2,1H3,(H,19,20). The van der Waals surface area contributed by atoms with Gasteiger partial charge in [0.15, 0.2) is 0 Å². The van der Waals surface area contributed by atoms with Crippen molar-refractivity contribution in [1.29, 1.82) is 0 Å². The third kappa shape index (κ3) is 3.89. The van der Waals surface area contributed by atoms with E-state index in [0.717, 1.165) is 19.3 Å². The summed E-state index contributed by atoms with van der Waals surface area (Å²) in [6.07, 6.45) is 8.58. The molecular weight excluding hydrogens is 270 g/mol. The average molecular weight is 297 g/mol. The Hall–Kier alpha value is -1.26. The van der Waals surface area contributed by atoms with Gasteiger partial charge in [0.25, 0.3) is 0 Å². The third-order valence-electron chi connectivity index (χ3n) is 5.56. The van der Waals surface area contributed by atoms with Crippen molar-refractivity contribution in [3.63, 3.8) is 0 Å². The van der Waals surface area contributed by atoms with Crippen molar-refractivity contribution in [1.82, 2.24) is 4.90 Å². The molecule has 120 valence electrons. The van der Waals surface area contributed by atoms with Gasteiger partial charge in [0.1, 0.15) is 0 Å². The van der Waals surface area contributed by atoms with Crippen LogP contribution in [-0.4, -0.2) is 42.3 Å². The Morgan fingerprint density at radius 2 is 1.81 bits per heavy atom. The van der Waals surface area contributed by atoms with E-state index in [2.05, 4.69) is 0 Å². The maximum absolute atomic E-state index is 11.5. The first-order valence-electron chi connectivity index (χ1n) is 8.12. The number of hydrogen-bond acceptors (Lipinski definition) is 3. The number of carboxylic acid groups (broad SMARTS) is 1. The lowest BCUT2D eigenvalue weighted by atomic mass is 9.62. The lowest BCUT2D eigenvalue weighted by molar-refractivity contribution is -0.142. The van der Waals surface area contributed by atoms with Gasteiger partial charge in [-0.15, -0.1) is 0 Å². The average Bonchev–Trinajstić information content (AvgIpc) is 2.53. The fraction of sp³-hybridized carbons (Fsp3) is 0.875. The molecule has 1 saturated heterocycles. The van der Waals surface area contributed by atoms with Gasteiger partial charge in [-0.2, -0.15) is 0 Å². The molecule has 0 aromatic rings. The van der Waals surface area contributed by atoms with Gasteiger partial charge in [-0.1, -0.05) is 19.3 Å². The van der Waals surface area contributed by atoms with Crippen LogP contribution < -0.4 is 0 Å². The number of piperidine rings is 1. The van der Waals surface area contributed by atoms with Gasteiger partial charge >= 0.3 is 12.1 Å². The van der Waals surface area contributed by atoms with Gasteiger partial charge in [0.05, 0.1) is 7.11 Å². The molecule has 2 rings (SSSR count). The maximum Gasteiger partial charge on any atom is 0.407 e. The first kappa shape index (κ1) is 16.1. The quantitative estimate of drug-likeness (QED) is 0.809. The van der Waals surface area contributed by atoms with E-state index in [-0.39, 0.29) is 11.4 Å². The zero-order chi connectivity index (χ0) is 15.3. The Labute approximate surface area is 126 Å². The Balaban J connectivity index is 2.03. The van der Waals surface area contributed by atoms with Gasteiger partial charge in [-0.25, -0.2) is 4.79 Å². The van der Waals surface area contributed by atoms with Crippen LogP contribution in [0.3, 0.4) is 0 Å². The second kappa shape index (κ2) is 7.14. The van der Waals surface area contributed by atoms with Gasteiger partial charge in [0.2, 0.25) is 0 Å². The monoisotopic (exact) mass is 297 g/mol. The molecule has 0 bridgehead atoms. The predicted molar refractivity (Wildman–Crippen MR) is 79.1 cm³/mol. The number of nitrogens with zero attached hydrogens (tertiary/aromatic N) is 1. The van der Waals surface area contributed by atoms with Crippen LogP contribution in [0.2, 0.25) is 0 Å². The second-order valence-corrected chi connectivity index (χ2v) is 6.54. The molecule has 1 saturated carbocycles. The Morgan fingerprint density at radius 3 is 2.33 bits per heavy atom. The molecule has 0 atom stereocenters. The molecular formula is C16H27NO4. The first-order valence-corrected chi connectivity index (χ1v) is 8.12. The minimum atomic E-state index is -0.819. The molecule has 0 aromatic heterocycles. The number of carbonyl (C=O) groups is 2. The number of amides is 1. The first-order chi connectivity index (χ1) is 10.1. The van der Waals surface area contributed by atoms with Crippen LogP contribution in [0.15, 0.2) is 0 Å². The molecule has 0 radical (unpaired) electrons. The topological polar surface area (TPSA) is 66.8 Å². The van der Waals surface area contributed by atoms with E-state index in [1.807, 2.05) is 0 Å². The van der Waals surface area contributed by atoms with Crippen LogP contribution in [-0.2, 0) is 9.53 Å². The van der Waals surface area contributed by atoms with Crippen molar-refractivity contribution in [2.45, 2.75) is 57.8 Å². The molecule has 0 unspecified atom stereocenters. The van der Waals surface area contributed by atoms with Gasteiger partial charge in [-0.3, -0.25) is 4.79 Å². The number of likely N-dealkylation sites (tertiary alicyclic amines) is 1. The number of ether oxygens (including phenoxy) is 1. The van der Waals surface area contributed by atoms with E-state index in [1.54, 1.807) is 0 Å². The fourth-order valence-corrected chi connectivity index (χ4v) is 4.17. The SMILES string of the molecule is COC(=O)CCC1(C2CCCCC2)CCN(C(=O)O)CC1. The van der Waals surface area contributed by atoms with E-state index >= 15 is 0 Å². The second-order valence-electron chi connectivity index (χ2n) is 6.54. The largest absolute Gasteiger partial charge is 0.469 e. The lowest BCUT2D eigenvalue weighted by Gasteiger charge is -2.47. The van der Waals surface area contributed by atoms with E-state index < -0.39 is 6.09 Å². The van der Waals surface area contributed by atoms with Crippen LogP contribution in [0.1, 0.15) is 57.8 Å². The summed E-state index contributed by atoms with van der Waals surface area (Å²) in [5.74, 6) is 0.498. The summed E-state index contributed by atoms with van der Waals surface area (Å²) >= 11 is 0. The van der Waals surface area contributed by atoms with E-state index in [0.29, 0.717) is 25.4 Å². The molecule has 1 aliphatic heterocycles. The molecule has 1 amide bonds. The minimum Gasteiger partial charge on any atom is -0.469 e. The number of hydrogen-bond donors (Lipinski definition) is 1. The van der Waals surface area contributed by atoms with E-state index in [9.17, 15) is 9.59 Å². The van der Waals surface area contributed by atoms with Crippen LogP contribution in [0.25, 0.3) is 0 Å². The lowest BCUT2D eigenvalue weighted by Crippen LogP contribution is -2.46. The highest BCUT2D eigenvalue weighted by Gasteiger charge is 2.42. The van der Waals surface area contributed by atoms with Crippen LogP contribution in [0.5, 0.6) is 0 Å². The summed E-state index contributed by atoms with van der Waals surface area (Å²) in [7, 11) is 1.43. The highest BCUT2D eigenvalue weighted by atomic mass is 16.5. The molecule has 0 spiro atoms. The number of esters is 1. The van der Waals surface area contributed by atoms with Gasteiger partial charge < -0.3 is 14.7 Å². The number of methoxy groups -OCH3 is 1. The van der Waals surface area contributed by atoms with Crippen molar-refractivity contribution < 1.29 is 19.4 Å². The molecule has 1 heterocycles. The minimum absolute atomic E-state index is 0.139. The van der Waals surface area contributed by atoms with Crippen molar-refractivity contribution in [2.75, 3.05) is 20.2 Å². The summed E-state index contributed by atoms with van der Waals surface area (Å²) in [5.41, 5.74) is 0.139. The zero-order valence-corrected chi connectivity index (χ0v) is 13.0. The Morgan fingerprint density at radius 1 is 1.19 bits per heavy atom. The molecule has 1 N–H and O–H groups in total. The Bertz CT molecular complexity index is 368. The summed E-state index contributed by atoms with van der Waals surface area (Å²) in [6, 6.07) is 0. The molecule has 2 aliphatic rings. The van der Waals surface area contributed by atoms with Crippen molar-refractivity contribution in [3.8, 4) is 0 Å².